The van der Waals surface area contributed by atoms with Crippen molar-refractivity contribution in [2.24, 2.45) is 0 Å². The maximum Gasteiger partial charge on any atom is 0.259 e. The second-order valence-electron chi connectivity index (χ2n) is 5.98. The molecule has 3 nitrogen and oxygen atoms in total. The van der Waals surface area contributed by atoms with Gasteiger partial charge in [0.15, 0.2) is 4.96 Å². The second-order valence-corrected chi connectivity index (χ2v) is 8.10. The fourth-order valence-corrected chi connectivity index (χ4v) is 5.03. The lowest BCUT2D eigenvalue weighted by Crippen LogP contribution is -2.17. The molecule has 0 saturated carbocycles. The normalized spacial score (nSPS) is 14.1. The molecule has 5 heteroatoms. The minimum atomic E-state index is 0.0777. The number of aryl methyl sites for hydroxylation is 3. The van der Waals surface area contributed by atoms with Crippen molar-refractivity contribution >= 4 is 28.1 Å². The van der Waals surface area contributed by atoms with Crippen LogP contribution in [0, 0.1) is 6.92 Å². The number of thiazole rings is 1. The molecule has 1 aliphatic rings. The molecule has 3 aromatic rings. The SMILES string of the molecule is Cc1ccc(SCc2cc(=O)n3c4c(sc3n2)CCCC4)cc1. The molecule has 2 heterocycles. The van der Waals surface area contributed by atoms with Crippen LogP contribution >= 0.6 is 23.1 Å². The van der Waals surface area contributed by atoms with E-state index in [0.717, 1.165) is 29.2 Å². The van der Waals surface area contributed by atoms with Gasteiger partial charge in [-0.25, -0.2) is 4.98 Å². The molecule has 0 fully saturated rings. The van der Waals surface area contributed by atoms with E-state index < -0.39 is 0 Å². The van der Waals surface area contributed by atoms with Crippen LogP contribution in [0.1, 0.15) is 34.7 Å². The number of aromatic nitrogens is 2. The molecule has 0 aliphatic heterocycles. The summed E-state index contributed by atoms with van der Waals surface area (Å²) in [5.74, 6) is 0.733. The molecule has 2 aromatic heterocycles. The first-order valence-corrected chi connectivity index (χ1v) is 9.73. The Bertz CT molecular complexity index is 909. The van der Waals surface area contributed by atoms with E-state index in [1.165, 1.54) is 33.9 Å². The lowest BCUT2D eigenvalue weighted by Gasteiger charge is -2.10. The summed E-state index contributed by atoms with van der Waals surface area (Å²) in [6.45, 7) is 2.09. The van der Waals surface area contributed by atoms with E-state index in [1.54, 1.807) is 29.2 Å². The third kappa shape index (κ3) is 2.95. The van der Waals surface area contributed by atoms with Gasteiger partial charge in [0.05, 0.1) is 5.69 Å². The number of nitrogens with zero attached hydrogens (tertiary/aromatic N) is 2. The van der Waals surface area contributed by atoms with E-state index in [0.29, 0.717) is 0 Å². The third-order valence-electron chi connectivity index (χ3n) is 4.22. The number of fused-ring (bicyclic) bond motifs is 3. The van der Waals surface area contributed by atoms with Crippen LogP contribution in [-0.2, 0) is 18.6 Å². The van der Waals surface area contributed by atoms with Gasteiger partial charge in [0.25, 0.3) is 5.56 Å². The molecule has 118 valence electrons. The number of hydrogen-bond acceptors (Lipinski definition) is 4. The number of hydrogen-bond donors (Lipinski definition) is 0. The first-order chi connectivity index (χ1) is 11.2. The minimum absolute atomic E-state index is 0.0777. The summed E-state index contributed by atoms with van der Waals surface area (Å²) >= 11 is 3.42. The molecule has 0 bridgehead atoms. The Labute approximate surface area is 143 Å². The standard InChI is InChI=1S/C18H18N2OS2/c1-12-6-8-14(9-7-12)22-11-13-10-17(21)20-15-4-2-3-5-16(15)23-18(20)19-13/h6-10H,2-5,11H2,1H3. The van der Waals surface area contributed by atoms with Gasteiger partial charge < -0.3 is 0 Å². The van der Waals surface area contributed by atoms with Crippen molar-refractivity contribution < 1.29 is 0 Å². The molecule has 0 amide bonds. The van der Waals surface area contributed by atoms with Crippen LogP contribution in [0.5, 0.6) is 0 Å². The maximum atomic E-state index is 12.5. The summed E-state index contributed by atoms with van der Waals surface area (Å²) in [4.78, 5) is 20.7. The minimum Gasteiger partial charge on any atom is -0.269 e. The van der Waals surface area contributed by atoms with E-state index in [-0.39, 0.29) is 5.56 Å². The molecule has 1 aliphatic carbocycles. The number of thioether (sulfide) groups is 1. The van der Waals surface area contributed by atoms with Crippen molar-refractivity contribution in [3.05, 3.63) is 62.5 Å². The molecule has 23 heavy (non-hydrogen) atoms. The average molecular weight is 342 g/mol. The highest BCUT2D eigenvalue weighted by Gasteiger charge is 2.18. The first-order valence-electron chi connectivity index (χ1n) is 7.93. The van der Waals surface area contributed by atoms with Gasteiger partial charge in [-0.2, -0.15) is 0 Å². The van der Waals surface area contributed by atoms with Crippen molar-refractivity contribution in [3.8, 4) is 0 Å². The second kappa shape index (κ2) is 6.13. The fourth-order valence-electron chi connectivity index (χ4n) is 3.01. The third-order valence-corrected chi connectivity index (χ3v) is 6.41. The molecule has 0 unspecified atom stereocenters. The van der Waals surface area contributed by atoms with Crippen LogP contribution in [0.2, 0.25) is 0 Å². The topological polar surface area (TPSA) is 34.4 Å². The largest absolute Gasteiger partial charge is 0.269 e. The fraction of sp³-hybridized carbons (Fsp3) is 0.333. The van der Waals surface area contributed by atoms with Gasteiger partial charge in [0, 0.05) is 27.3 Å². The molecule has 4 rings (SSSR count). The Balaban J connectivity index is 1.63. The number of rotatable bonds is 3. The quantitative estimate of drug-likeness (QED) is 0.668. The van der Waals surface area contributed by atoms with Crippen LogP contribution in [0.3, 0.4) is 0 Å². The van der Waals surface area contributed by atoms with E-state index in [9.17, 15) is 4.79 Å². The lowest BCUT2D eigenvalue weighted by molar-refractivity contribution is 0.670. The molecule has 0 N–H and O–H groups in total. The molecule has 1 aromatic carbocycles. The lowest BCUT2D eigenvalue weighted by atomic mass is 10.0. The van der Waals surface area contributed by atoms with Crippen LogP contribution in [0.15, 0.2) is 40.0 Å². The van der Waals surface area contributed by atoms with Crippen molar-refractivity contribution in [2.45, 2.75) is 43.3 Å². The van der Waals surface area contributed by atoms with Gasteiger partial charge in [-0.1, -0.05) is 17.7 Å². The summed E-state index contributed by atoms with van der Waals surface area (Å²) in [6.07, 6.45) is 4.51. The van der Waals surface area contributed by atoms with Gasteiger partial charge in [0.1, 0.15) is 0 Å². The van der Waals surface area contributed by atoms with Crippen LogP contribution in [0.4, 0.5) is 0 Å². The van der Waals surface area contributed by atoms with E-state index in [4.69, 9.17) is 4.98 Å². The van der Waals surface area contributed by atoms with Crippen LogP contribution < -0.4 is 5.56 Å². The van der Waals surface area contributed by atoms with Gasteiger partial charge >= 0.3 is 0 Å². The van der Waals surface area contributed by atoms with Crippen molar-refractivity contribution in [1.29, 1.82) is 0 Å². The van der Waals surface area contributed by atoms with Gasteiger partial charge in [-0.3, -0.25) is 9.20 Å². The Hall–Kier alpha value is -1.59. The molecule has 0 spiro atoms. The zero-order chi connectivity index (χ0) is 15.8. The van der Waals surface area contributed by atoms with Crippen LogP contribution in [-0.4, -0.2) is 9.38 Å². The molecule has 0 radical (unpaired) electrons. The summed E-state index contributed by atoms with van der Waals surface area (Å²) in [5, 5.41) is 0. The Morgan fingerprint density at radius 2 is 2.00 bits per heavy atom. The van der Waals surface area contributed by atoms with Gasteiger partial charge in [-0.15, -0.1) is 23.1 Å². The highest BCUT2D eigenvalue weighted by Crippen LogP contribution is 2.29. The summed E-state index contributed by atoms with van der Waals surface area (Å²) in [6, 6.07) is 10.2. The zero-order valence-corrected chi connectivity index (χ0v) is 14.7. The Morgan fingerprint density at radius 3 is 2.83 bits per heavy atom. The van der Waals surface area contributed by atoms with E-state index in [1.807, 2.05) is 4.40 Å². The molecule has 0 atom stereocenters. The summed E-state index contributed by atoms with van der Waals surface area (Å²) in [7, 11) is 0. The summed E-state index contributed by atoms with van der Waals surface area (Å²) < 4.78 is 1.83. The highest BCUT2D eigenvalue weighted by atomic mass is 32.2. The monoisotopic (exact) mass is 342 g/mol. The predicted octanol–water partition coefficient (Wildman–Crippen LogP) is 4.24. The average Bonchev–Trinajstić information content (AvgIpc) is 2.93. The van der Waals surface area contributed by atoms with Crippen molar-refractivity contribution in [1.82, 2.24) is 9.38 Å². The van der Waals surface area contributed by atoms with E-state index in [2.05, 4.69) is 31.2 Å². The highest BCUT2D eigenvalue weighted by molar-refractivity contribution is 7.98. The molecular formula is C18H18N2OS2. The van der Waals surface area contributed by atoms with Crippen molar-refractivity contribution in [3.63, 3.8) is 0 Å². The summed E-state index contributed by atoms with van der Waals surface area (Å²) in [5.41, 5.74) is 3.41. The maximum absolute atomic E-state index is 12.5. The Kier molecular flexibility index (Phi) is 3.99. The van der Waals surface area contributed by atoms with Gasteiger partial charge in [-0.05, 0) is 44.7 Å². The first kappa shape index (κ1) is 15.0. The molecular weight excluding hydrogens is 324 g/mol. The van der Waals surface area contributed by atoms with E-state index >= 15 is 0 Å². The smallest absolute Gasteiger partial charge is 0.259 e. The van der Waals surface area contributed by atoms with Crippen molar-refractivity contribution in [2.75, 3.05) is 0 Å². The van der Waals surface area contributed by atoms with Gasteiger partial charge in [0.2, 0.25) is 0 Å². The zero-order valence-electron chi connectivity index (χ0n) is 13.0. The predicted molar refractivity (Wildman–Crippen MR) is 96.7 cm³/mol. The van der Waals surface area contributed by atoms with Crippen LogP contribution in [0.25, 0.3) is 4.96 Å². The Morgan fingerprint density at radius 1 is 1.22 bits per heavy atom. The molecule has 0 saturated heterocycles. The number of benzene rings is 1.